The van der Waals surface area contributed by atoms with Gasteiger partial charge in [0, 0.05) is 11.4 Å². The second-order valence-electron chi connectivity index (χ2n) is 4.58. The van der Waals surface area contributed by atoms with Gasteiger partial charge < -0.3 is 9.84 Å². The second kappa shape index (κ2) is 6.09. The zero-order valence-electron chi connectivity index (χ0n) is 11.1. The minimum atomic E-state index is -0.565. The maximum atomic E-state index is 10.3. The molecule has 2 aromatic rings. The van der Waals surface area contributed by atoms with Crippen LogP contribution in [0.2, 0.25) is 5.02 Å². The molecule has 0 amide bonds. The van der Waals surface area contributed by atoms with Crippen LogP contribution in [0.1, 0.15) is 22.8 Å². The van der Waals surface area contributed by atoms with Gasteiger partial charge in [-0.25, -0.2) is 0 Å². The highest BCUT2D eigenvalue weighted by molar-refractivity contribution is 6.31. The largest absolute Gasteiger partial charge is 0.497 e. The van der Waals surface area contributed by atoms with Crippen LogP contribution in [-0.2, 0) is 6.42 Å². The van der Waals surface area contributed by atoms with Gasteiger partial charge in [0.25, 0.3) is 0 Å². The van der Waals surface area contributed by atoms with Crippen molar-refractivity contribution in [2.45, 2.75) is 19.4 Å². The molecule has 0 aliphatic carbocycles. The number of aliphatic hydroxyl groups is 1. The summed E-state index contributed by atoms with van der Waals surface area (Å²) in [6.45, 7) is 1.94. The first-order valence-electron chi connectivity index (χ1n) is 6.17. The molecule has 2 aromatic carbocycles. The molecule has 0 aliphatic rings. The number of ether oxygens (including phenoxy) is 1. The number of halogens is 1. The van der Waals surface area contributed by atoms with Crippen molar-refractivity contribution in [3.05, 3.63) is 64.2 Å². The molecule has 0 aromatic heterocycles. The highest BCUT2D eigenvalue weighted by Gasteiger charge is 2.10. The van der Waals surface area contributed by atoms with E-state index in [1.165, 1.54) is 0 Å². The fourth-order valence-electron chi connectivity index (χ4n) is 1.96. The molecule has 0 fully saturated rings. The lowest BCUT2D eigenvalue weighted by atomic mass is 10.0. The number of rotatable bonds is 4. The van der Waals surface area contributed by atoms with Crippen LogP contribution in [0.15, 0.2) is 42.5 Å². The first kappa shape index (κ1) is 13.9. The average Bonchev–Trinajstić information content (AvgIpc) is 2.42. The van der Waals surface area contributed by atoms with Gasteiger partial charge in [0.1, 0.15) is 5.75 Å². The fraction of sp³-hybridized carbons (Fsp3) is 0.250. The highest BCUT2D eigenvalue weighted by Crippen LogP contribution is 2.25. The fourth-order valence-corrected chi connectivity index (χ4v) is 2.15. The van der Waals surface area contributed by atoms with Crippen LogP contribution in [0.5, 0.6) is 5.75 Å². The number of hydrogen-bond acceptors (Lipinski definition) is 2. The van der Waals surface area contributed by atoms with E-state index in [0.717, 1.165) is 22.4 Å². The molecule has 100 valence electrons. The molecular weight excluding hydrogens is 260 g/mol. The minimum Gasteiger partial charge on any atom is -0.497 e. The Hall–Kier alpha value is -1.51. The van der Waals surface area contributed by atoms with Gasteiger partial charge in [-0.05, 0) is 41.8 Å². The third kappa shape index (κ3) is 3.49. The lowest BCUT2D eigenvalue weighted by Gasteiger charge is -2.13. The molecular formula is C16H17ClO2. The van der Waals surface area contributed by atoms with Crippen LogP contribution in [0.25, 0.3) is 0 Å². The number of hydrogen-bond donors (Lipinski definition) is 1. The van der Waals surface area contributed by atoms with Crippen LogP contribution in [0, 0.1) is 6.92 Å². The van der Waals surface area contributed by atoms with E-state index >= 15 is 0 Å². The van der Waals surface area contributed by atoms with Crippen LogP contribution in [0.4, 0.5) is 0 Å². The summed E-state index contributed by atoms with van der Waals surface area (Å²) >= 11 is 6.08. The quantitative estimate of drug-likeness (QED) is 0.917. The molecule has 1 N–H and O–H groups in total. The summed E-state index contributed by atoms with van der Waals surface area (Å²) in [6.07, 6.45) is -0.0263. The molecule has 3 heteroatoms. The van der Waals surface area contributed by atoms with Gasteiger partial charge in [-0.2, -0.15) is 0 Å². The molecule has 0 saturated heterocycles. The van der Waals surface area contributed by atoms with E-state index in [4.69, 9.17) is 16.3 Å². The Bertz CT molecular complexity index is 566. The monoisotopic (exact) mass is 276 g/mol. The van der Waals surface area contributed by atoms with Crippen molar-refractivity contribution in [3.63, 3.8) is 0 Å². The molecule has 2 nitrogen and oxygen atoms in total. The maximum absolute atomic E-state index is 10.3. The number of aryl methyl sites for hydroxylation is 1. The van der Waals surface area contributed by atoms with Crippen molar-refractivity contribution in [2.24, 2.45) is 0 Å². The zero-order chi connectivity index (χ0) is 13.8. The standard InChI is InChI=1S/C16H17ClO2/c1-11-6-7-13(10-15(11)17)16(18)9-12-4-3-5-14(8-12)19-2/h3-8,10,16,18H,9H2,1-2H3. The highest BCUT2D eigenvalue weighted by atomic mass is 35.5. The molecule has 0 spiro atoms. The Morgan fingerprint density at radius 1 is 1.21 bits per heavy atom. The van der Waals surface area contributed by atoms with Crippen molar-refractivity contribution in [2.75, 3.05) is 7.11 Å². The number of aliphatic hydroxyl groups excluding tert-OH is 1. The second-order valence-corrected chi connectivity index (χ2v) is 4.99. The van der Waals surface area contributed by atoms with Crippen LogP contribution < -0.4 is 4.74 Å². The van der Waals surface area contributed by atoms with E-state index in [9.17, 15) is 5.11 Å². The maximum Gasteiger partial charge on any atom is 0.119 e. The van der Waals surface area contributed by atoms with E-state index in [2.05, 4.69) is 0 Å². The summed E-state index contributed by atoms with van der Waals surface area (Å²) < 4.78 is 5.17. The van der Waals surface area contributed by atoms with Crippen LogP contribution in [0.3, 0.4) is 0 Å². The molecule has 0 aliphatic heterocycles. The Morgan fingerprint density at radius 3 is 2.68 bits per heavy atom. The third-order valence-corrected chi connectivity index (χ3v) is 3.55. The van der Waals surface area contributed by atoms with Gasteiger partial charge in [-0.15, -0.1) is 0 Å². The molecule has 19 heavy (non-hydrogen) atoms. The lowest BCUT2D eigenvalue weighted by molar-refractivity contribution is 0.178. The summed E-state index contributed by atoms with van der Waals surface area (Å²) in [5.74, 6) is 0.798. The van der Waals surface area contributed by atoms with E-state index in [1.807, 2.05) is 49.4 Å². The van der Waals surface area contributed by atoms with Crippen LogP contribution >= 0.6 is 11.6 Å². The predicted octanol–water partition coefficient (Wildman–Crippen LogP) is 3.93. The summed E-state index contributed by atoms with van der Waals surface area (Å²) in [5.41, 5.74) is 2.88. The molecule has 0 bridgehead atoms. The zero-order valence-corrected chi connectivity index (χ0v) is 11.8. The summed E-state index contributed by atoms with van der Waals surface area (Å²) in [4.78, 5) is 0. The van der Waals surface area contributed by atoms with E-state index < -0.39 is 6.10 Å². The normalized spacial score (nSPS) is 12.2. The summed E-state index contributed by atoms with van der Waals surface area (Å²) in [6, 6.07) is 13.4. The third-order valence-electron chi connectivity index (χ3n) is 3.14. The Morgan fingerprint density at radius 2 is 2.00 bits per heavy atom. The number of methoxy groups -OCH3 is 1. The Labute approximate surface area is 118 Å². The molecule has 1 unspecified atom stereocenters. The first-order valence-corrected chi connectivity index (χ1v) is 6.55. The molecule has 0 radical (unpaired) electrons. The van der Waals surface area contributed by atoms with Gasteiger partial charge in [-0.1, -0.05) is 35.9 Å². The van der Waals surface area contributed by atoms with Gasteiger partial charge in [0.2, 0.25) is 0 Å². The van der Waals surface area contributed by atoms with Crippen molar-refractivity contribution in [1.29, 1.82) is 0 Å². The molecule has 2 rings (SSSR count). The first-order chi connectivity index (χ1) is 9.10. The number of benzene rings is 2. The van der Waals surface area contributed by atoms with Gasteiger partial charge >= 0.3 is 0 Å². The molecule has 0 saturated carbocycles. The molecule has 0 heterocycles. The van der Waals surface area contributed by atoms with Crippen molar-refractivity contribution >= 4 is 11.6 Å². The topological polar surface area (TPSA) is 29.5 Å². The van der Waals surface area contributed by atoms with Crippen LogP contribution in [-0.4, -0.2) is 12.2 Å². The minimum absolute atomic E-state index is 0.538. The van der Waals surface area contributed by atoms with Crippen molar-refractivity contribution in [3.8, 4) is 5.75 Å². The molecule has 1 atom stereocenters. The summed E-state index contributed by atoms with van der Waals surface area (Å²) in [7, 11) is 1.63. The predicted molar refractivity (Wildman–Crippen MR) is 77.8 cm³/mol. The van der Waals surface area contributed by atoms with Crippen molar-refractivity contribution < 1.29 is 9.84 Å². The van der Waals surface area contributed by atoms with Gasteiger partial charge in [0.05, 0.1) is 13.2 Å². The van der Waals surface area contributed by atoms with Gasteiger partial charge in [-0.3, -0.25) is 0 Å². The summed E-state index contributed by atoms with van der Waals surface area (Å²) in [5, 5.41) is 10.9. The smallest absolute Gasteiger partial charge is 0.119 e. The lowest BCUT2D eigenvalue weighted by Crippen LogP contribution is -2.02. The van der Waals surface area contributed by atoms with Gasteiger partial charge in [0.15, 0.2) is 0 Å². The van der Waals surface area contributed by atoms with Crippen molar-refractivity contribution in [1.82, 2.24) is 0 Å². The Balaban J connectivity index is 2.15. The van der Waals surface area contributed by atoms with E-state index in [-0.39, 0.29) is 0 Å². The Kier molecular flexibility index (Phi) is 4.46. The SMILES string of the molecule is COc1cccc(CC(O)c2ccc(C)c(Cl)c2)c1. The van der Waals surface area contributed by atoms with E-state index in [1.54, 1.807) is 7.11 Å². The average molecular weight is 277 g/mol. The van der Waals surface area contributed by atoms with E-state index in [0.29, 0.717) is 11.4 Å².